The molecule has 1 rings (SSSR count). The lowest BCUT2D eigenvalue weighted by Gasteiger charge is -2.09. The molecule has 0 aliphatic rings. The third-order valence-electron chi connectivity index (χ3n) is 2.20. The maximum absolute atomic E-state index is 11.9. The number of carbonyl (C=O) groups excluding carboxylic acids is 2. The summed E-state index contributed by atoms with van der Waals surface area (Å²) in [6, 6.07) is 0. The Hall–Kier alpha value is -3.54. The number of isocyanates is 2. The van der Waals surface area contributed by atoms with E-state index < -0.39 is 37.1 Å². The lowest BCUT2D eigenvalue weighted by molar-refractivity contribution is 0.175. The van der Waals surface area contributed by atoms with Crippen molar-refractivity contribution >= 4 is 12.2 Å². The van der Waals surface area contributed by atoms with Crippen LogP contribution in [0.2, 0.25) is 0 Å². The maximum Gasteiger partial charge on any atom is 0.340 e. The van der Waals surface area contributed by atoms with Crippen LogP contribution in [0.25, 0.3) is 0 Å². The van der Waals surface area contributed by atoms with Crippen LogP contribution >= 0.6 is 0 Å². The van der Waals surface area contributed by atoms with Crippen molar-refractivity contribution in [1.29, 1.82) is 5.26 Å². The van der Waals surface area contributed by atoms with Gasteiger partial charge in [0.2, 0.25) is 12.2 Å². The Morgan fingerprint density at radius 2 is 1.33 bits per heavy atom. The number of nitrogens with zero attached hydrogens (tertiary/aromatic N) is 6. The lowest BCUT2D eigenvalue weighted by Crippen LogP contribution is -2.54. The number of aromatic nitrogens is 3. The molecular weight excluding hydrogens is 288 g/mol. The second kappa shape index (κ2) is 7.15. The standard InChI is InChI=1S/C9H6N6O6/c10-1-21-6-15-8(19)13(2-11-4-16)7(18)14(9(15)20)3-12-5-17/h2-3,6H2. The van der Waals surface area contributed by atoms with Gasteiger partial charge in [-0.25, -0.2) is 37.7 Å². The van der Waals surface area contributed by atoms with Crippen LogP contribution in [0, 0.1) is 11.5 Å². The first kappa shape index (κ1) is 15.5. The summed E-state index contributed by atoms with van der Waals surface area (Å²) < 4.78 is 5.48. The van der Waals surface area contributed by atoms with Crippen molar-refractivity contribution in [2.45, 2.75) is 20.1 Å². The summed E-state index contributed by atoms with van der Waals surface area (Å²) in [6.07, 6.45) is 3.49. The molecule has 12 heteroatoms. The van der Waals surface area contributed by atoms with Crippen LogP contribution in [0.5, 0.6) is 0 Å². The summed E-state index contributed by atoms with van der Waals surface area (Å²) >= 11 is 0. The zero-order valence-electron chi connectivity index (χ0n) is 10.3. The molecule has 0 amide bonds. The van der Waals surface area contributed by atoms with E-state index in [0.29, 0.717) is 13.7 Å². The molecule has 0 aromatic carbocycles. The molecule has 0 N–H and O–H groups in total. The van der Waals surface area contributed by atoms with Gasteiger partial charge in [0.1, 0.15) is 13.3 Å². The molecule has 12 nitrogen and oxygen atoms in total. The van der Waals surface area contributed by atoms with Gasteiger partial charge < -0.3 is 4.74 Å². The van der Waals surface area contributed by atoms with Crippen LogP contribution in [-0.2, 0) is 34.4 Å². The molecule has 0 atom stereocenters. The highest BCUT2D eigenvalue weighted by molar-refractivity contribution is 5.32. The Bertz CT molecular complexity index is 783. The van der Waals surface area contributed by atoms with Crippen LogP contribution < -0.4 is 17.1 Å². The minimum Gasteiger partial charge on any atom is -0.405 e. The molecule has 1 aromatic rings. The summed E-state index contributed by atoms with van der Waals surface area (Å²) in [4.78, 5) is 61.8. The van der Waals surface area contributed by atoms with Crippen molar-refractivity contribution in [3.8, 4) is 6.26 Å². The highest BCUT2D eigenvalue weighted by atomic mass is 16.5. The maximum atomic E-state index is 11.9. The highest BCUT2D eigenvalue weighted by Gasteiger charge is 2.15. The van der Waals surface area contributed by atoms with E-state index in [-0.39, 0.29) is 0 Å². The largest absolute Gasteiger partial charge is 0.405 e. The Labute approximate surface area is 114 Å². The number of hydrogen-bond acceptors (Lipinski definition) is 9. The monoisotopic (exact) mass is 294 g/mol. The fourth-order valence-electron chi connectivity index (χ4n) is 1.33. The molecule has 0 radical (unpaired) electrons. The van der Waals surface area contributed by atoms with Gasteiger partial charge in [0.15, 0.2) is 6.73 Å². The predicted octanol–water partition coefficient (Wildman–Crippen LogP) is -2.79. The van der Waals surface area contributed by atoms with Crippen molar-refractivity contribution in [3.63, 3.8) is 0 Å². The van der Waals surface area contributed by atoms with Gasteiger partial charge in [-0.05, 0) is 0 Å². The quantitative estimate of drug-likeness (QED) is 0.311. The van der Waals surface area contributed by atoms with E-state index in [4.69, 9.17) is 5.26 Å². The molecule has 108 valence electrons. The van der Waals surface area contributed by atoms with Crippen LogP contribution in [0.15, 0.2) is 24.4 Å². The third kappa shape index (κ3) is 3.27. The molecule has 0 aliphatic carbocycles. The topological polar surface area (TPSA) is 158 Å². The van der Waals surface area contributed by atoms with Crippen LogP contribution in [-0.4, -0.2) is 25.9 Å². The molecule has 1 aromatic heterocycles. The van der Waals surface area contributed by atoms with Gasteiger partial charge in [0.25, 0.3) is 6.26 Å². The smallest absolute Gasteiger partial charge is 0.340 e. The van der Waals surface area contributed by atoms with Crippen LogP contribution in [0.4, 0.5) is 0 Å². The van der Waals surface area contributed by atoms with Gasteiger partial charge in [-0.3, -0.25) is 0 Å². The third-order valence-corrected chi connectivity index (χ3v) is 2.20. The Morgan fingerprint density at radius 3 is 1.71 bits per heavy atom. The van der Waals surface area contributed by atoms with E-state index in [1.165, 1.54) is 6.26 Å². The summed E-state index contributed by atoms with van der Waals surface area (Å²) in [7, 11) is 0. The normalized spacial score (nSPS) is 9.10. The molecule has 0 unspecified atom stereocenters. The molecule has 0 bridgehead atoms. The number of rotatable bonds is 6. The number of nitriles is 1. The van der Waals surface area contributed by atoms with Gasteiger partial charge in [0, 0.05) is 0 Å². The number of ether oxygens (including phenoxy) is 1. The van der Waals surface area contributed by atoms with Crippen molar-refractivity contribution in [3.05, 3.63) is 31.5 Å². The van der Waals surface area contributed by atoms with Crippen molar-refractivity contribution < 1.29 is 14.3 Å². The molecule has 0 saturated carbocycles. The Balaban J connectivity index is 3.65. The summed E-state index contributed by atoms with van der Waals surface area (Å²) in [5, 5.41) is 8.28. The zero-order valence-corrected chi connectivity index (χ0v) is 10.3. The van der Waals surface area contributed by atoms with E-state index in [1.807, 2.05) is 0 Å². The van der Waals surface area contributed by atoms with Crippen molar-refractivity contribution in [2.24, 2.45) is 9.98 Å². The van der Waals surface area contributed by atoms with Crippen LogP contribution in [0.1, 0.15) is 0 Å². The fraction of sp³-hybridized carbons (Fsp3) is 0.333. The minimum atomic E-state index is -1.15. The second-order valence-corrected chi connectivity index (χ2v) is 3.28. The average molecular weight is 294 g/mol. The molecule has 21 heavy (non-hydrogen) atoms. The van der Waals surface area contributed by atoms with Gasteiger partial charge >= 0.3 is 17.1 Å². The average Bonchev–Trinajstić information content (AvgIpc) is 2.47. The zero-order chi connectivity index (χ0) is 15.8. The van der Waals surface area contributed by atoms with Crippen molar-refractivity contribution in [1.82, 2.24) is 13.7 Å². The predicted molar refractivity (Wildman–Crippen MR) is 62.2 cm³/mol. The first-order chi connectivity index (χ1) is 10.1. The number of aliphatic imine (C=N–C) groups is 2. The first-order valence-electron chi connectivity index (χ1n) is 5.11. The summed E-state index contributed by atoms with van der Waals surface area (Å²) in [5.74, 6) is 0. The van der Waals surface area contributed by atoms with Gasteiger partial charge in [-0.1, -0.05) is 0 Å². The summed E-state index contributed by atoms with van der Waals surface area (Å²) in [6.45, 7) is -2.15. The van der Waals surface area contributed by atoms with Gasteiger partial charge in [0.05, 0.1) is 0 Å². The van der Waals surface area contributed by atoms with Gasteiger partial charge in [-0.2, -0.15) is 15.2 Å². The molecule has 0 aliphatic heterocycles. The minimum absolute atomic E-state index is 0.394. The van der Waals surface area contributed by atoms with E-state index in [1.54, 1.807) is 0 Å². The fourth-order valence-corrected chi connectivity index (χ4v) is 1.33. The molecule has 0 fully saturated rings. The number of hydrogen-bond donors (Lipinski definition) is 0. The van der Waals surface area contributed by atoms with Crippen molar-refractivity contribution in [2.75, 3.05) is 0 Å². The van der Waals surface area contributed by atoms with E-state index in [9.17, 15) is 24.0 Å². The first-order valence-corrected chi connectivity index (χ1v) is 5.11. The molecular formula is C9H6N6O6. The second-order valence-electron chi connectivity index (χ2n) is 3.28. The summed E-state index contributed by atoms with van der Waals surface area (Å²) in [5.41, 5.74) is -3.44. The van der Waals surface area contributed by atoms with Crippen LogP contribution in [0.3, 0.4) is 0 Å². The highest BCUT2D eigenvalue weighted by Crippen LogP contribution is 1.80. The lowest BCUT2D eigenvalue weighted by atomic mass is 10.7. The van der Waals surface area contributed by atoms with E-state index in [2.05, 4.69) is 14.7 Å². The molecule has 0 saturated heterocycles. The SMILES string of the molecule is N#COCn1c(=O)n(CN=C=O)c(=O)n(CN=C=O)c1=O. The Kier molecular flexibility index (Phi) is 5.28. The molecule has 1 heterocycles. The van der Waals surface area contributed by atoms with E-state index >= 15 is 0 Å². The molecule has 0 spiro atoms. The Morgan fingerprint density at radius 1 is 0.905 bits per heavy atom. The van der Waals surface area contributed by atoms with Gasteiger partial charge in [-0.15, -0.1) is 0 Å². The van der Waals surface area contributed by atoms with E-state index in [0.717, 1.165) is 12.2 Å².